The van der Waals surface area contributed by atoms with E-state index in [0.717, 1.165) is 17.0 Å². The Morgan fingerprint density at radius 3 is 1.74 bits per heavy atom. The lowest BCUT2D eigenvalue weighted by atomic mass is 10.0. The van der Waals surface area contributed by atoms with Gasteiger partial charge < -0.3 is 8.99 Å². The van der Waals surface area contributed by atoms with Crippen molar-refractivity contribution in [2.45, 2.75) is 6.92 Å². The van der Waals surface area contributed by atoms with Crippen LogP contribution >= 0.6 is 0 Å². The number of aryl methyl sites for hydroxylation is 1. The van der Waals surface area contributed by atoms with E-state index in [9.17, 15) is 0 Å². The van der Waals surface area contributed by atoms with E-state index in [-0.39, 0.29) is 0 Å². The molecule has 1 spiro atoms. The van der Waals surface area contributed by atoms with Gasteiger partial charge in [-0.15, -0.1) is 0 Å². The van der Waals surface area contributed by atoms with Gasteiger partial charge in [0.05, 0.1) is 0 Å². The Morgan fingerprint density at radius 2 is 1.06 bits per heavy atom. The van der Waals surface area contributed by atoms with E-state index < -0.39 is 8.48 Å². The van der Waals surface area contributed by atoms with Gasteiger partial charge in [-0.3, -0.25) is 0 Å². The normalized spacial score (nSPS) is 14.4. The van der Waals surface area contributed by atoms with E-state index in [2.05, 4.69) is 133 Å². The van der Waals surface area contributed by atoms with E-state index >= 15 is 0 Å². The minimum absolute atomic E-state index is 0.947. The molecule has 0 amide bonds. The molecule has 0 N–H and O–H groups in total. The number of benzene rings is 5. The number of hydrogen-bond donors (Lipinski definition) is 0. The highest BCUT2D eigenvalue weighted by Crippen LogP contribution is 2.47. The van der Waals surface area contributed by atoms with Crippen molar-refractivity contribution in [3.05, 3.63) is 127 Å². The van der Waals surface area contributed by atoms with Crippen molar-refractivity contribution in [3.63, 3.8) is 0 Å². The van der Waals surface area contributed by atoms with Crippen LogP contribution in [0.2, 0.25) is 0 Å². The standard InChI is InChI=1S/C31H23NOSi/c1-22-18-20-23(21-19-22)32-28-14-6-2-10-24(28)25-11-3-7-15-29(25)33-34(32)30-16-8-4-12-26(30)27-13-5-9-17-31(27)34/h2-21H,1H3. The second-order valence-corrected chi connectivity index (χ2v) is 12.0. The van der Waals surface area contributed by atoms with Crippen LogP contribution in [0.3, 0.4) is 0 Å². The molecular formula is C31H23NOSi. The summed E-state index contributed by atoms with van der Waals surface area (Å²) in [6.07, 6.45) is 0. The molecule has 0 fully saturated rings. The lowest BCUT2D eigenvalue weighted by Crippen LogP contribution is -2.71. The zero-order valence-corrected chi connectivity index (χ0v) is 19.9. The fourth-order valence-electron chi connectivity index (χ4n) is 5.59. The summed E-state index contributed by atoms with van der Waals surface area (Å²) in [6.45, 7) is 2.14. The fourth-order valence-corrected chi connectivity index (χ4v) is 10.0. The molecule has 0 radical (unpaired) electrons. The number of hydrogen-bond acceptors (Lipinski definition) is 2. The highest BCUT2D eigenvalue weighted by Gasteiger charge is 2.57. The Bertz CT molecular complexity index is 1500. The second-order valence-electron chi connectivity index (χ2n) is 9.02. The smallest absolute Gasteiger partial charge is 0.434 e. The number of fused-ring (bicyclic) bond motifs is 8. The molecule has 0 bridgehead atoms. The zero-order valence-electron chi connectivity index (χ0n) is 18.9. The van der Waals surface area contributed by atoms with Crippen LogP contribution in [-0.4, -0.2) is 8.48 Å². The van der Waals surface area contributed by atoms with Crippen LogP contribution < -0.4 is 19.4 Å². The maximum Gasteiger partial charge on any atom is 0.434 e. The molecule has 162 valence electrons. The zero-order chi connectivity index (χ0) is 22.7. The van der Waals surface area contributed by atoms with Crippen LogP contribution in [-0.2, 0) is 0 Å². The van der Waals surface area contributed by atoms with Gasteiger partial charge in [-0.1, -0.05) is 103 Å². The topological polar surface area (TPSA) is 12.5 Å². The summed E-state index contributed by atoms with van der Waals surface area (Å²) in [7, 11) is -2.97. The first-order chi connectivity index (χ1) is 16.8. The third-order valence-electron chi connectivity index (χ3n) is 7.06. The third-order valence-corrected chi connectivity index (χ3v) is 11.0. The van der Waals surface area contributed by atoms with Crippen LogP contribution in [0.5, 0.6) is 5.75 Å². The minimum Gasteiger partial charge on any atom is -0.518 e. The molecule has 0 unspecified atom stereocenters. The molecule has 0 aromatic heterocycles. The molecule has 5 aromatic rings. The molecule has 2 nitrogen and oxygen atoms in total. The van der Waals surface area contributed by atoms with Crippen LogP contribution in [0.4, 0.5) is 11.4 Å². The van der Waals surface area contributed by atoms with Crippen molar-refractivity contribution in [2.75, 3.05) is 4.57 Å². The van der Waals surface area contributed by atoms with E-state index in [1.54, 1.807) is 0 Å². The number of para-hydroxylation sites is 2. The molecule has 34 heavy (non-hydrogen) atoms. The molecule has 2 heterocycles. The largest absolute Gasteiger partial charge is 0.518 e. The number of nitrogens with zero attached hydrogens (tertiary/aromatic N) is 1. The molecule has 0 atom stereocenters. The SMILES string of the molecule is Cc1ccc(N2c3ccccc3-c3ccccc3O[Si]23c2ccccc2-c2ccccc23)cc1. The van der Waals surface area contributed by atoms with Crippen LogP contribution in [0.1, 0.15) is 5.56 Å². The summed E-state index contributed by atoms with van der Waals surface area (Å²) in [5.41, 5.74) is 8.49. The van der Waals surface area contributed by atoms with Crippen LogP contribution in [0, 0.1) is 6.92 Å². The molecule has 2 aliphatic rings. The van der Waals surface area contributed by atoms with Crippen molar-refractivity contribution in [1.29, 1.82) is 0 Å². The summed E-state index contributed by atoms with van der Waals surface area (Å²) >= 11 is 0. The van der Waals surface area contributed by atoms with E-state index in [1.807, 2.05) is 0 Å². The predicted octanol–water partition coefficient (Wildman–Crippen LogP) is 6.43. The highest BCUT2D eigenvalue weighted by atomic mass is 28.4. The molecule has 0 saturated heterocycles. The quantitative estimate of drug-likeness (QED) is 0.271. The Morgan fingerprint density at radius 1 is 0.529 bits per heavy atom. The average molecular weight is 454 g/mol. The molecule has 2 aliphatic heterocycles. The summed E-state index contributed by atoms with van der Waals surface area (Å²) in [5, 5.41) is 2.59. The molecular weight excluding hydrogens is 430 g/mol. The van der Waals surface area contributed by atoms with Gasteiger partial charge in [0.25, 0.3) is 0 Å². The summed E-state index contributed by atoms with van der Waals surface area (Å²) < 4.78 is 9.94. The Hall–Kier alpha value is -4.08. The minimum atomic E-state index is -2.97. The van der Waals surface area contributed by atoms with Gasteiger partial charge in [-0.25, -0.2) is 0 Å². The summed E-state index contributed by atoms with van der Waals surface area (Å²) in [5.74, 6) is 0.947. The molecule has 0 saturated carbocycles. The van der Waals surface area contributed by atoms with E-state index in [0.29, 0.717) is 0 Å². The van der Waals surface area contributed by atoms with Crippen molar-refractivity contribution in [2.24, 2.45) is 0 Å². The Kier molecular flexibility index (Phi) is 4.11. The van der Waals surface area contributed by atoms with Crippen molar-refractivity contribution in [1.82, 2.24) is 0 Å². The summed E-state index contributed by atoms with van der Waals surface area (Å²) in [4.78, 5) is 0. The van der Waals surface area contributed by atoms with Crippen LogP contribution in [0.15, 0.2) is 121 Å². The lowest BCUT2D eigenvalue weighted by molar-refractivity contribution is 0.568. The Balaban J connectivity index is 1.66. The molecule has 0 aliphatic carbocycles. The van der Waals surface area contributed by atoms with Crippen molar-refractivity contribution in [3.8, 4) is 28.0 Å². The lowest BCUT2D eigenvalue weighted by Gasteiger charge is -2.40. The van der Waals surface area contributed by atoms with Crippen molar-refractivity contribution < 1.29 is 4.43 Å². The third kappa shape index (κ3) is 2.56. The van der Waals surface area contributed by atoms with Gasteiger partial charge in [0.1, 0.15) is 5.75 Å². The Labute approximate surface area is 200 Å². The molecule has 7 rings (SSSR count). The van der Waals surface area contributed by atoms with Gasteiger partial charge in [-0.05, 0) is 42.3 Å². The van der Waals surface area contributed by atoms with Gasteiger partial charge in [0.15, 0.2) is 0 Å². The van der Waals surface area contributed by atoms with Gasteiger partial charge in [-0.2, -0.15) is 0 Å². The summed E-state index contributed by atoms with van der Waals surface area (Å²) in [6, 6.07) is 43.7. The first kappa shape index (κ1) is 19.4. The van der Waals surface area contributed by atoms with Crippen LogP contribution in [0.25, 0.3) is 22.3 Å². The number of rotatable bonds is 1. The monoisotopic (exact) mass is 453 g/mol. The average Bonchev–Trinajstić information content (AvgIpc) is 3.08. The maximum atomic E-state index is 7.40. The first-order valence-electron chi connectivity index (χ1n) is 11.7. The maximum absolute atomic E-state index is 7.40. The van der Waals surface area contributed by atoms with Gasteiger partial charge in [0.2, 0.25) is 0 Å². The second kappa shape index (κ2) is 7.21. The van der Waals surface area contributed by atoms with E-state index in [4.69, 9.17) is 4.43 Å². The van der Waals surface area contributed by atoms with Gasteiger partial charge in [0, 0.05) is 32.9 Å². The highest BCUT2D eigenvalue weighted by molar-refractivity contribution is 7.04. The van der Waals surface area contributed by atoms with Gasteiger partial charge >= 0.3 is 8.48 Å². The fraction of sp³-hybridized carbons (Fsp3) is 0.0323. The van der Waals surface area contributed by atoms with Crippen molar-refractivity contribution >= 4 is 30.2 Å². The molecule has 5 aromatic carbocycles. The molecule has 3 heteroatoms. The first-order valence-corrected chi connectivity index (χ1v) is 13.6. The predicted molar refractivity (Wildman–Crippen MR) is 143 cm³/mol. The van der Waals surface area contributed by atoms with E-state index in [1.165, 1.54) is 38.3 Å². The number of anilines is 2.